The lowest BCUT2D eigenvalue weighted by Crippen LogP contribution is -2.09. The molecule has 0 saturated carbocycles. The lowest BCUT2D eigenvalue weighted by atomic mass is 10.0. The van der Waals surface area contributed by atoms with E-state index in [0.29, 0.717) is 11.6 Å². The first-order valence-corrected chi connectivity index (χ1v) is 23.6. The van der Waals surface area contributed by atoms with Crippen molar-refractivity contribution in [3.05, 3.63) is 112 Å². The summed E-state index contributed by atoms with van der Waals surface area (Å²) in [5.74, 6) is 1.18. The van der Waals surface area contributed by atoms with Crippen LogP contribution in [0.15, 0.2) is 101 Å². The molecule has 0 spiro atoms. The standard InChI is InChI=1S/C48H58BrN5S2/c1-3-5-7-9-11-13-15-19-25-38-35-43(47-50-52-48(53-51-47)44-36-39(46(49)56-44)26-20-16-14-12-10-8-6-4-2)55-45(38)37-31-33-42(34-32-37)54(40-27-21-17-22-28-40)41-29-23-18-24-30-41/h17-18,21-24,27-36H,3-16,19-20,25-26H2,1-2H3. The molecule has 3 aromatic carbocycles. The third kappa shape index (κ3) is 12.1. The van der Waals surface area contributed by atoms with E-state index in [0.717, 1.165) is 39.7 Å². The highest BCUT2D eigenvalue weighted by Gasteiger charge is 2.18. The number of benzene rings is 3. The molecule has 6 aromatic rings. The monoisotopic (exact) mass is 847 g/mol. The Balaban J connectivity index is 1.17. The number of thiophene rings is 2. The van der Waals surface area contributed by atoms with Crippen LogP contribution in [0.3, 0.4) is 0 Å². The van der Waals surface area contributed by atoms with Gasteiger partial charge in [-0.15, -0.1) is 43.1 Å². The number of hydrogen-bond acceptors (Lipinski definition) is 7. The van der Waals surface area contributed by atoms with Crippen molar-refractivity contribution in [2.75, 3.05) is 4.90 Å². The van der Waals surface area contributed by atoms with Crippen LogP contribution < -0.4 is 4.90 Å². The van der Waals surface area contributed by atoms with E-state index < -0.39 is 0 Å². The Kier molecular flexibility index (Phi) is 17.1. The number of para-hydroxylation sites is 2. The summed E-state index contributed by atoms with van der Waals surface area (Å²) in [6.45, 7) is 4.56. The number of unbranched alkanes of at least 4 members (excludes halogenated alkanes) is 14. The highest BCUT2D eigenvalue weighted by Crippen LogP contribution is 2.41. The number of aromatic nitrogens is 4. The molecule has 0 atom stereocenters. The molecule has 0 bridgehead atoms. The molecule has 0 unspecified atom stereocenters. The van der Waals surface area contributed by atoms with Gasteiger partial charge in [0.25, 0.3) is 0 Å². The van der Waals surface area contributed by atoms with Crippen LogP contribution in [0.4, 0.5) is 17.1 Å². The summed E-state index contributed by atoms with van der Waals surface area (Å²) in [5, 5.41) is 18.5. The average molecular weight is 849 g/mol. The van der Waals surface area contributed by atoms with Gasteiger partial charge in [-0.1, -0.05) is 152 Å². The van der Waals surface area contributed by atoms with Crippen molar-refractivity contribution in [1.29, 1.82) is 0 Å². The van der Waals surface area contributed by atoms with Gasteiger partial charge in [0, 0.05) is 21.9 Å². The number of nitrogens with zero attached hydrogens (tertiary/aromatic N) is 5. The van der Waals surface area contributed by atoms with Gasteiger partial charge in [0.15, 0.2) is 0 Å². The molecule has 56 heavy (non-hydrogen) atoms. The Morgan fingerprint density at radius 3 is 1.38 bits per heavy atom. The van der Waals surface area contributed by atoms with E-state index in [4.69, 9.17) is 0 Å². The first-order chi connectivity index (χ1) is 27.6. The summed E-state index contributed by atoms with van der Waals surface area (Å²) in [6, 6.07) is 34.7. The highest BCUT2D eigenvalue weighted by atomic mass is 79.9. The fraction of sp³-hybridized carbons (Fsp3) is 0.417. The van der Waals surface area contributed by atoms with Gasteiger partial charge >= 0.3 is 0 Å². The van der Waals surface area contributed by atoms with E-state index in [9.17, 15) is 0 Å². The van der Waals surface area contributed by atoms with Crippen molar-refractivity contribution in [3.8, 4) is 31.8 Å². The van der Waals surface area contributed by atoms with Gasteiger partial charge in [-0.05, 0) is 107 Å². The fourth-order valence-corrected chi connectivity index (χ4v) is 10.2. The zero-order valence-corrected chi connectivity index (χ0v) is 36.6. The van der Waals surface area contributed by atoms with Gasteiger partial charge in [-0.25, -0.2) is 0 Å². The van der Waals surface area contributed by atoms with Crippen LogP contribution in [0.2, 0.25) is 0 Å². The Hall–Kier alpha value is -3.72. The third-order valence-corrected chi connectivity index (χ3v) is 13.7. The maximum atomic E-state index is 4.65. The SMILES string of the molecule is CCCCCCCCCCc1cc(-c2nnc(-c3cc(CCCCCCCCCC)c(-c4ccc(N(c5ccccc5)c5ccccc5)cc4)s3)nn2)sc1Br. The van der Waals surface area contributed by atoms with Gasteiger partial charge in [0.1, 0.15) is 0 Å². The summed E-state index contributed by atoms with van der Waals surface area (Å²) in [6.07, 6.45) is 23.1. The maximum Gasteiger partial charge on any atom is 0.213 e. The molecule has 0 saturated heterocycles. The third-order valence-electron chi connectivity index (χ3n) is 10.5. The molecule has 3 aromatic heterocycles. The first-order valence-electron chi connectivity index (χ1n) is 21.1. The van der Waals surface area contributed by atoms with E-state index in [2.05, 4.69) is 152 Å². The first kappa shape index (κ1) is 41.9. The van der Waals surface area contributed by atoms with Gasteiger partial charge in [0.05, 0.1) is 13.5 Å². The molecule has 8 heteroatoms. The summed E-state index contributed by atoms with van der Waals surface area (Å²) < 4.78 is 1.17. The molecule has 0 aliphatic rings. The molecule has 0 fully saturated rings. The topological polar surface area (TPSA) is 54.8 Å². The van der Waals surface area contributed by atoms with Crippen LogP contribution in [0.25, 0.3) is 31.8 Å². The van der Waals surface area contributed by atoms with Crippen LogP contribution in [-0.2, 0) is 12.8 Å². The molecular formula is C48H58BrN5S2. The van der Waals surface area contributed by atoms with Crippen molar-refractivity contribution >= 4 is 55.7 Å². The molecule has 294 valence electrons. The van der Waals surface area contributed by atoms with Gasteiger partial charge in [-0.3, -0.25) is 0 Å². The molecule has 0 aliphatic heterocycles. The fourth-order valence-electron chi connectivity index (χ4n) is 7.34. The minimum Gasteiger partial charge on any atom is -0.311 e. The maximum absolute atomic E-state index is 4.65. The molecule has 0 amide bonds. The minimum absolute atomic E-state index is 0.591. The summed E-state index contributed by atoms with van der Waals surface area (Å²) in [7, 11) is 0. The highest BCUT2D eigenvalue weighted by molar-refractivity contribution is 9.11. The molecule has 0 radical (unpaired) electrons. The van der Waals surface area contributed by atoms with Gasteiger partial charge < -0.3 is 4.90 Å². The molecule has 0 aliphatic carbocycles. The predicted octanol–water partition coefficient (Wildman–Crippen LogP) is 16.0. The quantitative estimate of drug-likeness (QED) is 0.0568. The number of hydrogen-bond donors (Lipinski definition) is 0. The molecular weight excluding hydrogens is 791 g/mol. The smallest absolute Gasteiger partial charge is 0.213 e. The molecule has 6 rings (SSSR count). The molecule has 3 heterocycles. The van der Waals surface area contributed by atoms with Crippen LogP contribution in [-0.4, -0.2) is 20.4 Å². The average Bonchev–Trinajstić information content (AvgIpc) is 3.84. The summed E-state index contributed by atoms with van der Waals surface area (Å²) in [4.78, 5) is 5.62. The zero-order valence-electron chi connectivity index (χ0n) is 33.4. The van der Waals surface area contributed by atoms with E-state index >= 15 is 0 Å². The predicted molar refractivity (Wildman–Crippen MR) is 245 cm³/mol. The van der Waals surface area contributed by atoms with E-state index in [-0.39, 0.29) is 0 Å². The van der Waals surface area contributed by atoms with Crippen molar-refractivity contribution < 1.29 is 0 Å². The van der Waals surface area contributed by atoms with Crippen LogP contribution in [0, 0.1) is 0 Å². The van der Waals surface area contributed by atoms with Crippen molar-refractivity contribution in [1.82, 2.24) is 20.4 Å². The Labute approximate surface area is 352 Å². The van der Waals surface area contributed by atoms with Crippen LogP contribution in [0.5, 0.6) is 0 Å². The number of anilines is 3. The minimum atomic E-state index is 0.591. The second kappa shape index (κ2) is 22.9. The van der Waals surface area contributed by atoms with Gasteiger partial charge in [0.2, 0.25) is 11.6 Å². The lowest BCUT2D eigenvalue weighted by Gasteiger charge is -2.25. The second-order valence-corrected chi connectivity index (χ2v) is 18.3. The van der Waals surface area contributed by atoms with Crippen molar-refractivity contribution in [3.63, 3.8) is 0 Å². The van der Waals surface area contributed by atoms with Crippen molar-refractivity contribution in [2.45, 2.75) is 129 Å². The number of rotatable bonds is 24. The lowest BCUT2D eigenvalue weighted by molar-refractivity contribution is 0.575. The largest absolute Gasteiger partial charge is 0.311 e. The molecule has 0 N–H and O–H groups in total. The van der Waals surface area contributed by atoms with E-state index in [1.165, 1.54) is 128 Å². The summed E-state index contributed by atoms with van der Waals surface area (Å²) in [5.41, 5.74) is 7.30. The number of halogens is 1. The Morgan fingerprint density at radius 1 is 0.464 bits per heavy atom. The molecule has 5 nitrogen and oxygen atoms in total. The van der Waals surface area contributed by atoms with Crippen molar-refractivity contribution in [2.24, 2.45) is 0 Å². The Bertz CT molecular complexity index is 1950. The van der Waals surface area contributed by atoms with Crippen LogP contribution in [0.1, 0.15) is 128 Å². The number of aryl methyl sites for hydroxylation is 2. The van der Waals surface area contributed by atoms with Gasteiger partial charge in [-0.2, -0.15) is 0 Å². The van der Waals surface area contributed by atoms with E-state index in [1.54, 1.807) is 22.7 Å². The Morgan fingerprint density at radius 2 is 0.875 bits per heavy atom. The normalized spacial score (nSPS) is 11.3. The van der Waals surface area contributed by atoms with Crippen LogP contribution >= 0.6 is 38.6 Å². The zero-order chi connectivity index (χ0) is 38.8. The summed E-state index contributed by atoms with van der Waals surface area (Å²) >= 11 is 7.24. The second-order valence-electron chi connectivity index (χ2n) is 14.9. The van der Waals surface area contributed by atoms with E-state index in [1.807, 2.05) is 0 Å².